The van der Waals surface area contributed by atoms with Crippen molar-refractivity contribution >= 4 is 38.7 Å². The number of thiophene rings is 1. The molecule has 0 bridgehead atoms. The SMILES string of the molecule is CCN(Cc1ccc(Cl)s1)C(=O)C(c1ccccc1)N1CCS(=O)(=O)CC1. The molecule has 0 radical (unpaired) electrons. The van der Waals surface area contributed by atoms with Crippen LogP contribution in [0.15, 0.2) is 42.5 Å². The Kier molecular flexibility index (Phi) is 6.57. The Morgan fingerprint density at radius 1 is 1.19 bits per heavy atom. The van der Waals surface area contributed by atoms with Crippen molar-refractivity contribution in [2.45, 2.75) is 19.5 Å². The standard InChI is InChI=1S/C19H23ClN2O3S2/c1-2-21(14-16-8-9-17(20)26-16)19(23)18(15-6-4-3-5-7-15)22-10-12-27(24,25)13-11-22/h3-9,18H,2,10-14H2,1H3. The highest BCUT2D eigenvalue weighted by Crippen LogP contribution is 2.28. The van der Waals surface area contributed by atoms with Gasteiger partial charge in [0, 0.05) is 24.5 Å². The van der Waals surface area contributed by atoms with Crippen molar-refractivity contribution in [2.24, 2.45) is 0 Å². The number of sulfone groups is 1. The summed E-state index contributed by atoms with van der Waals surface area (Å²) in [6.45, 7) is 3.77. The van der Waals surface area contributed by atoms with E-state index < -0.39 is 15.9 Å². The van der Waals surface area contributed by atoms with Crippen LogP contribution in [-0.4, -0.2) is 55.3 Å². The molecule has 8 heteroatoms. The number of halogens is 1. The minimum Gasteiger partial charge on any atom is -0.336 e. The zero-order valence-corrected chi connectivity index (χ0v) is 17.6. The second-order valence-corrected chi connectivity index (χ2v) is 10.7. The average Bonchev–Trinajstić information content (AvgIpc) is 3.07. The first-order chi connectivity index (χ1) is 12.9. The number of rotatable bonds is 6. The zero-order chi connectivity index (χ0) is 19.4. The topological polar surface area (TPSA) is 57.7 Å². The molecule has 1 atom stereocenters. The number of amides is 1. The first-order valence-corrected chi connectivity index (χ1v) is 11.9. The number of benzene rings is 1. The van der Waals surface area contributed by atoms with Gasteiger partial charge >= 0.3 is 0 Å². The first-order valence-electron chi connectivity index (χ1n) is 8.92. The molecule has 0 aliphatic carbocycles. The van der Waals surface area contributed by atoms with Crippen LogP contribution < -0.4 is 0 Å². The van der Waals surface area contributed by atoms with E-state index in [-0.39, 0.29) is 17.4 Å². The number of likely N-dealkylation sites (N-methyl/N-ethyl adjacent to an activating group) is 1. The molecule has 0 spiro atoms. The van der Waals surface area contributed by atoms with Crippen LogP contribution in [-0.2, 0) is 21.2 Å². The van der Waals surface area contributed by atoms with Gasteiger partial charge in [-0.3, -0.25) is 9.69 Å². The molecule has 1 aromatic carbocycles. The Morgan fingerprint density at radius 3 is 2.41 bits per heavy atom. The van der Waals surface area contributed by atoms with E-state index in [9.17, 15) is 13.2 Å². The monoisotopic (exact) mass is 426 g/mol. The smallest absolute Gasteiger partial charge is 0.244 e. The number of hydrogen-bond acceptors (Lipinski definition) is 5. The van der Waals surface area contributed by atoms with Gasteiger partial charge in [0.05, 0.1) is 22.4 Å². The quantitative estimate of drug-likeness (QED) is 0.711. The van der Waals surface area contributed by atoms with Gasteiger partial charge in [0.25, 0.3) is 0 Å². The number of nitrogens with zero attached hydrogens (tertiary/aromatic N) is 2. The Hall–Kier alpha value is -1.41. The third-order valence-corrected chi connectivity index (χ3v) is 7.59. The highest BCUT2D eigenvalue weighted by atomic mass is 35.5. The largest absolute Gasteiger partial charge is 0.336 e. The summed E-state index contributed by atoms with van der Waals surface area (Å²) >= 11 is 7.49. The molecule has 2 aromatic rings. The maximum atomic E-state index is 13.5. The molecule has 1 aliphatic rings. The van der Waals surface area contributed by atoms with Crippen LogP contribution in [0, 0.1) is 0 Å². The van der Waals surface area contributed by atoms with Crippen molar-refractivity contribution < 1.29 is 13.2 Å². The minimum absolute atomic E-state index is 0.00693. The molecule has 1 aliphatic heterocycles. The second-order valence-electron chi connectivity index (χ2n) is 6.56. The lowest BCUT2D eigenvalue weighted by molar-refractivity contribution is -0.137. The molecule has 1 unspecified atom stereocenters. The highest BCUT2D eigenvalue weighted by molar-refractivity contribution is 7.91. The molecule has 5 nitrogen and oxygen atoms in total. The summed E-state index contributed by atoms with van der Waals surface area (Å²) in [5, 5.41) is 0. The van der Waals surface area contributed by atoms with Gasteiger partial charge in [-0.1, -0.05) is 41.9 Å². The van der Waals surface area contributed by atoms with Crippen molar-refractivity contribution in [1.29, 1.82) is 0 Å². The molecule has 0 N–H and O–H groups in total. The molecule has 1 fully saturated rings. The Morgan fingerprint density at radius 2 is 1.85 bits per heavy atom. The second kappa shape index (κ2) is 8.73. The third-order valence-electron chi connectivity index (χ3n) is 4.76. The molecule has 2 heterocycles. The van der Waals surface area contributed by atoms with E-state index in [0.717, 1.165) is 10.4 Å². The van der Waals surface area contributed by atoms with Gasteiger partial charge in [0.1, 0.15) is 6.04 Å². The van der Waals surface area contributed by atoms with Crippen molar-refractivity contribution in [3.8, 4) is 0 Å². The normalized spacial score (nSPS) is 18.1. The summed E-state index contributed by atoms with van der Waals surface area (Å²) in [6.07, 6.45) is 0. The lowest BCUT2D eigenvalue weighted by atomic mass is 10.0. The fraction of sp³-hybridized carbons (Fsp3) is 0.421. The van der Waals surface area contributed by atoms with Crippen molar-refractivity contribution in [3.63, 3.8) is 0 Å². The van der Waals surface area contributed by atoms with Crippen LogP contribution in [0.2, 0.25) is 4.34 Å². The van der Waals surface area contributed by atoms with Gasteiger partial charge in [-0.25, -0.2) is 8.42 Å². The van der Waals surface area contributed by atoms with Gasteiger partial charge in [-0.2, -0.15) is 0 Å². The zero-order valence-electron chi connectivity index (χ0n) is 15.2. The molecular formula is C19H23ClN2O3S2. The predicted octanol–water partition coefficient (Wildman–Crippen LogP) is 3.22. The fourth-order valence-corrected chi connectivity index (χ4v) is 5.61. The van der Waals surface area contributed by atoms with Gasteiger partial charge in [-0.05, 0) is 24.6 Å². The van der Waals surface area contributed by atoms with Crippen molar-refractivity contribution in [3.05, 3.63) is 57.2 Å². The van der Waals surface area contributed by atoms with E-state index in [4.69, 9.17) is 11.6 Å². The van der Waals surface area contributed by atoms with Gasteiger partial charge in [0.2, 0.25) is 5.91 Å². The van der Waals surface area contributed by atoms with Gasteiger partial charge < -0.3 is 4.90 Å². The van der Waals surface area contributed by atoms with E-state index in [1.807, 2.05) is 59.2 Å². The Balaban J connectivity index is 1.85. The summed E-state index contributed by atoms with van der Waals surface area (Å²) in [5.41, 5.74) is 0.893. The molecule has 0 saturated carbocycles. The molecule has 1 amide bonds. The number of hydrogen-bond donors (Lipinski definition) is 0. The number of carbonyl (C=O) groups is 1. The average molecular weight is 427 g/mol. The molecule has 27 heavy (non-hydrogen) atoms. The predicted molar refractivity (Wildman–Crippen MR) is 110 cm³/mol. The third kappa shape index (κ3) is 5.10. The van der Waals surface area contributed by atoms with Crippen LogP contribution >= 0.6 is 22.9 Å². The lowest BCUT2D eigenvalue weighted by Gasteiger charge is -2.36. The molecule has 146 valence electrons. The van der Waals surface area contributed by atoms with Crippen LogP contribution in [0.3, 0.4) is 0 Å². The van der Waals surface area contributed by atoms with Crippen LogP contribution in [0.5, 0.6) is 0 Å². The Bertz CT molecular complexity index is 869. The summed E-state index contributed by atoms with van der Waals surface area (Å²) in [4.78, 5) is 18.3. The summed E-state index contributed by atoms with van der Waals surface area (Å²) in [5.74, 6) is 0.180. The van der Waals surface area contributed by atoms with E-state index in [2.05, 4.69) is 0 Å². The number of carbonyl (C=O) groups excluding carboxylic acids is 1. The minimum atomic E-state index is -3.01. The summed E-state index contributed by atoms with van der Waals surface area (Å²) in [6, 6.07) is 12.9. The van der Waals surface area contributed by atoms with Crippen LogP contribution in [0.25, 0.3) is 0 Å². The lowest BCUT2D eigenvalue weighted by Crippen LogP contribution is -2.48. The van der Waals surface area contributed by atoms with E-state index >= 15 is 0 Å². The molecule has 1 aromatic heterocycles. The Labute approximate surface area is 169 Å². The van der Waals surface area contributed by atoms with Crippen molar-refractivity contribution in [1.82, 2.24) is 9.80 Å². The highest BCUT2D eigenvalue weighted by Gasteiger charge is 2.34. The fourth-order valence-electron chi connectivity index (χ4n) is 3.27. The van der Waals surface area contributed by atoms with Crippen LogP contribution in [0.4, 0.5) is 0 Å². The van der Waals surface area contributed by atoms with Gasteiger partial charge in [-0.15, -0.1) is 11.3 Å². The van der Waals surface area contributed by atoms with E-state index in [1.165, 1.54) is 11.3 Å². The summed E-state index contributed by atoms with van der Waals surface area (Å²) < 4.78 is 24.4. The van der Waals surface area contributed by atoms with Crippen molar-refractivity contribution in [2.75, 3.05) is 31.1 Å². The molecule has 3 rings (SSSR count). The van der Waals surface area contributed by atoms with E-state index in [1.54, 1.807) is 0 Å². The first kappa shape index (κ1) is 20.3. The summed E-state index contributed by atoms with van der Waals surface area (Å²) in [7, 11) is -3.01. The molecule has 1 saturated heterocycles. The molecular weight excluding hydrogens is 404 g/mol. The van der Waals surface area contributed by atoms with Gasteiger partial charge in [0.15, 0.2) is 9.84 Å². The maximum absolute atomic E-state index is 13.5. The van der Waals surface area contributed by atoms with Crippen LogP contribution in [0.1, 0.15) is 23.4 Å². The van der Waals surface area contributed by atoms with E-state index in [0.29, 0.717) is 30.5 Å². The maximum Gasteiger partial charge on any atom is 0.244 e.